The van der Waals surface area contributed by atoms with Crippen molar-refractivity contribution in [2.24, 2.45) is 0 Å². The van der Waals surface area contributed by atoms with E-state index in [0.717, 1.165) is 6.54 Å². The number of anilines is 1. The topological polar surface area (TPSA) is 77.4 Å². The van der Waals surface area contributed by atoms with Crippen molar-refractivity contribution in [3.8, 4) is 11.8 Å². The zero-order valence-electron chi connectivity index (χ0n) is 12.1. The van der Waals surface area contributed by atoms with Gasteiger partial charge in [0.2, 0.25) is 5.91 Å². The van der Waals surface area contributed by atoms with E-state index in [4.69, 9.17) is 10.00 Å². The lowest BCUT2D eigenvalue weighted by atomic mass is 10.2. The van der Waals surface area contributed by atoms with Crippen molar-refractivity contribution in [3.05, 3.63) is 24.3 Å². The number of rotatable bonds is 5. The van der Waals surface area contributed by atoms with Crippen LogP contribution in [0.15, 0.2) is 24.3 Å². The lowest BCUT2D eigenvalue weighted by molar-refractivity contribution is -0.117. The molecule has 0 spiro atoms. The Kier molecular flexibility index (Phi) is 5.55. The van der Waals surface area contributed by atoms with Crippen LogP contribution >= 0.6 is 0 Å². The van der Waals surface area contributed by atoms with Gasteiger partial charge in [-0.15, -0.1) is 0 Å². The van der Waals surface area contributed by atoms with E-state index in [0.29, 0.717) is 31.1 Å². The van der Waals surface area contributed by atoms with E-state index in [-0.39, 0.29) is 18.5 Å². The lowest BCUT2D eigenvalue weighted by Gasteiger charge is -2.31. The van der Waals surface area contributed by atoms with Crippen LogP contribution in [0.2, 0.25) is 0 Å². The molecule has 1 aromatic carbocycles. The molecule has 2 N–H and O–H groups in total. The Morgan fingerprint density at radius 2 is 2.38 bits per heavy atom. The number of carbonyl (C=O) groups is 1. The monoisotopic (exact) mass is 288 g/mol. The normalized spacial score (nSPS) is 18.8. The number of piperazine rings is 1. The lowest BCUT2D eigenvalue weighted by Crippen LogP contribution is -2.52. The van der Waals surface area contributed by atoms with Gasteiger partial charge in [0, 0.05) is 19.6 Å². The number of nitrogens with one attached hydrogen (secondary N) is 2. The molecule has 1 fully saturated rings. The summed E-state index contributed by atoms with van der Waals surface area (Å²) >= 11 is 0. The Morgan fingerprint density at radius 1 is 1.57 bits per heavy atom. The molecule has 1 aromatic rings. The van der Waals surface area contributed by atoms with Crippen molar-refractivity contribution in [3.63, 3.8) is 0 Å². The van der Waals surface area contributed by atoms with Gasteiger partial charge in [-0.25, -0.2) is 0 Å². The smallest absolute Gasteiger partial charge is 0.238 e. The summed E-state index contributed by atoms with van der Waals surface area (Å²) in [6.07, 6.45) is 0. The van der Waals surface area contributed by atoms with E-state index in [2.05, 4.69) is 16.7 Å². The molecule has 6 nitrogen and oxygen atoms in total. The largest absolute Gasteiger partial charge is 0.492 e. The molecule has 1 saturated heterocycles. The summed E-state index contributed by atoms with van der Waals surface area (Å²) in [6.45, 7) is 4.73. The van der Waals surface area contributed by atoms with Gasteiger partial charge in [-0.2, -0.15) is 5.26 Å². The van der Waals surface area contributed by atoms with Gasteiger partial charge in [0.15, 0.2) is 0 Å². The van der Waals surface area contributed by atoms with Crippen LogP contribution < -0.4 is 15.4 Å². The number of carbonyl (C=O) groups excluding carboxylic acids is 1. The average molecular weight is 288 g/mol. The fourth-order valence-corrected chi connectivity index (χ4v) is 2.29. The number of hydrogen-bond acceptors (Lipinski definition) is 5. The Hall–Kier alpha value is -2.10. The van der Waals surface area contributed by atoms with Gasteiger partial charge in [-0.3, -0.25) is 9.69 Å². The summed E-state index contributed by atoms with van der Waals surface area (Å²) in [5.41, 5.74) is 0.660. The molecular weight excluding hydrogens is 268 g/mol. The van der Waals surface area contributed by atoms with Gasteiger partial charge in [0.05, 0.1) is 24.9 Å². The van der Waals surface area contributed by atoms with Crippen LogP contribution in [0.5, 0.6) is 5.75 Å². The molecule has 21 heavy (non-hydrogen) atoms. The molecule has 0 saturated carbocycles. The van der Waals surface area contributed by atoms with E-state index in [9.17, 15) is 4.79 Å². The molecule has 0 aromatic heterocycles. The number of ether oxygens (including phenoxy) is 1. The highest BCUT2D eigenvalue weighted by molar-refractivity contribution is 5.93. The molecule has 0 radical (unpaired) electrons. The fraction of sp³-hybridized carbons (Fsp3) is 0.467. The van der Waals surface area contributed by atoms with Crippen LogP contribution in [0.4, 0.5) is 5.69 Å². The average Bonchev–Trinajstić information content (AvgIpc) is 2.50. The minimum absolute atomic E-state index is 0.135. The number of para-hydroxylation sites is 2. The van der Waals surface area contributed by atoms with E-state index in [1.165, 1.54) is 0 Å². The maximum absolute atomic E-state index is 12.2. The molecule has 0 aliphatic carbocycles. The molecule has 6 heteroatoms. The highest BCUT2D eigenvalue weighted by Crippen LogP contribution is 2.23. The van der Waals surface area contributed by atoms with Crippen LogP contribution in [0.3, 0.4) is 0 Å². The SMILES string of the molecule is CCOc1ccccc1NC(=O)CN1CCNCC1C#N. The van der Waals surface area contributed by atoms with Crippen LogP contribution in [-0.2, 0) is 4.79 Å². The predicted octanol–water partition coefficient (Wildman–Crippen LogP) is 0.821. The van der Waals surface area contributed by atoms with Crippen molar-refractivity contribution < 1.29 is 9.53 Å². The van der Waals surface area contributed by atoms with Crippen LogP contribution in [0, 0.1) is 11.3 Å². The zero-order chi connectivity index (χ0) is 15.1. The first kappa shape index (κ1) is 15.3. The molecule has 1 unspecified atom stereocenters. The third-order valence-corrected chi connectivity index (χ3v) is 3.31. The molecule has 1 heterocycles. The Labute approximate surface area is 124 Å². The Bertz CT molecular complexity index is 527. The standard InChI is InChI=1S/C15H20N4O2/c1-2-21-14-6-4-3-5-13(14)18-15(20)11-19-8-7-17-10-12(19)9-16/h3-6,12,17H,2,7-8,10-11H2,1H3,(H,18,20). The molecule has 2 rings (SSSR count). The quantitative estimate of drug-likeness (QED) is 0.839. The Morgan fingerprint density at radius 3 is 3.14 bits per heavy atom. The van der Waals surface area contributed by atoms with E-state index < -0.39 is 0 Å². The van der Waals surface area contributed by atoms with Crippen molar-refractivity contribution in [1.29, 1.82) is 5.26 Å². The van der Waals surface area contributed by atoms with Gasteiger partial charge in [0.25, 0.3) is 0 Å². The summed E-state index contributed by atoms with van der Waals surface area (Å²) in [5.74, 6) is 0.523. The maximum atomic E-state index is 12.2. The summed E-state index contributed by atoms with van der Waals surface area (Å²) < 4.78 is 5.48. The van der Waals surface area contributed by atoms with Crippen LogP contribution in [0.1, 0.15) is 6.92 Å². The van der Waals surface area contributed by atoms with Crippen molar-refractivity contribution in [1.82, 2.24) is 10.2 Å². The van der Waals surface area contributed by atoms with Gasteiger partial charge < -0.3 is 15.4 Å². The molecule has 0 bridgehead atoms. The third kappa shape index (κ3) is 4.18. The van der Waals surface area contributed by atoms with E-state index in [1.807, 2.05) is 36.1 Å². The summed E-state index contributed by atoms with van der Waals surface area (Å²) in [4.78, 5) is 14.0. The first-order valence-corrected chi connectivity index (χ1v) is 7.10. The first-order chi connectivity index (χ1) is 10.2. The van der Waals surface area contributed by atoms with Gasteiger partial charge in [-0.05, 0) is 19.1 Å². The zero-order valence-corrected chi connectivity index (χ0v) is 12.1. The summed E-state index contributed by atoms with van der Waals surface area (Å²) in [6, 6.07) is 9.30. The molecular formula is C15H20N4O2. The predicted molar refractivity (Wildman–Crippen MR) is 80.1 cm³/mol. The van der Waals surface area contributed by atoms with Gasteiger partial charge in [-0.1, -0.05) is 12.1 Å². The van der Waals surface area contributed by atoms with E-state index >= 15 is 0 Å². The van der Waals surface area contributed by atoms with Gasteiger partial charge in [0.1, 0.15) is 11.8 Å². The van der Waals surface area contributed by atoms with Crippen molar-refractivity contribution in [2.75, 3.05) is 38.1 Å². The molecule has 1 aliphatic heterocycles. The Balaban J connectivity index is 1.97. The second-order valence-corrected chi connectivity index (χ2v) is 4.80. The molecule has 112 valence electrons. The summed E-state index contributed by atoms with van der Waals surface area (Å²) in [7, 11) is 0. The maximum Gasteiger partial charge on any atom is 0.238 e. The second-order valence-electron chi connectivity index (χ2n) is 4.80. The number of amides is 1. The fourth-order valence-electron chi connectivity index (χ4n) is 2.29. The third-order valence-electron chi connectivity index (χ3n) is 3.31. The van der Waals surface area contributed by atoms with E-state index in [1.54, 1.807) is 0 Å². The van der Waals surface area contributed by atoms with Crippen molar-refractivity contribution in [2.45, 2.75) is 13.0 Å². The highest BCUT2D eigenvalue weighted by atomic mass is 16.5. The number of hydrogen-bond donors (Lipinski definition) is 2. The first-order valence-electron chi connectivity index (χ1n) is 7.10. The van der Waals surface area contributed by atoms with Crippen LogP contribution in [-0.4, -0.2) is 49.6 Å². The molecule has 1 amide bonds. The number of nitriles is 1. The number of nitrogens with zero attached hydrogens (tertiary/aromatic N) is 2. The molecule has 1 atom stereocenters. The van der Waals surface area contributed by atoms with Crippen LogP contribution in [0.25, 0.3) is 0 Å². The van der Waals surface area contributed by atoms with Crippen molar-refractivity contribution >= 4 is 11.6 Å². The highest BCUT2D eigenvalue weighted by Gasteiger charge is 2.23. The second kappa shape index (κ2) is 7.62. The minimum Gasteiger partial charge on any atom is -0.492 e. The molecule has 1 aliphatic rings. The summed E-state index contributed by atoms with van der Waals surface area (Å²) in [5, 5.41) is 15.1. The minimum atomic E-state index is -0.258. The van der Waals surface area contributed by atoms with Gasteiger partial charge >= 0.3 is 0 Å². The number of benzene rings is 1.